The Morgan fingerprint density at radius 2 is 2.00 bits per heavy atom. The van der Waals surface area contributed by atoms with E-state index in [1.54, 1.807) is 13.0 Å². The van der Waals surface area contributed by atoms with Crippen LogP contribution in [0.5, 0.6) is 0 Å². The molecule has 0 fully saturated rings. The monoisotopic (exact) mass is 354 g/mol. The number of benzene rings is 1. The summed E-state index contributed by atoms with van der Waals surface area (Å²) in [5.74, 6) is -1.86. The van der Waals surface area contributed by atoms with Crippen molar-refractivity contribution in [1.82, 2.24) is 10.2 Å². The highest BCUT2D eigenvalue weighted by atomic mass is 79.9. The van der Waals surface area contributed by atoms with Crippen molar-refractivity contribution in [3.63, 3.8) is 0 Å². The zero-order valence-corrected chi connectivity index (χ0v) is 13.2. The molecule has 1 aromatic heterocycles. The molecule has 21 heavy (non-hydrogen) atoms. The summed E-state index contributed by atoms with van der Waals surface area (Å²) in [6.07, 6.45) is 0.174. The van der Waals surface area contributed by atoms with Crippen LogP contribution in [0.25, 0.3) is 0 Å². The van der Waals surface area contributed by atoms with Gasteiger partial charge in [-0.05, 0) is 47.5 Å². The Balaban J connectivity index is 2.39. The average molecular weight is 355 g/mol. The Bertz CT molecular complexity index is 704. The van der Waals surface area contributed by atoms with Crippen molar-refractivity contribution in [3.05, 3.63) is 56.8 Å². The first-order valence-corrected chi connectivity index (χ1v) is 7.22. The molecule has 0 aliphatic rings. The Hall–Kier alpha value is -1.69. The second-order valence-corrected chi connectivity index (χ2v) is 5.48. The van der Waals surface area contributed by atoms with Gasteiger partial charge in [0.1, 0.15) is 11.6 Å². The van der Waals surface area contributed by atoms with Gasteiger partial charge in [-0.2, -0.15) is 10.2 Å². The summed E-state index contributed by atoms with van der Waals surface area (Å²) < 4.78 is 27.8. The molecule has 110 valence electrons. The van der Waals surface area contributed by atoms with Crippen LogP contribution in [-0.2, 0) is 12.8 Å². The van der Waals surface area contributed by atoms with Crippen LogP contribution in [0, 0.1) is 18.6 Å². The van der Waals surface area contributed by atoms with Gasteiger partial charge in [0.2, 0.25) is 0 Å². The number of aromatic nitrogens is 2. The van der Waals surface area contributed by atoms with E-state index < -0.39 is 11.6 Å². The highest BCUT2D eigenvalue weighted by Gasteiger charge is 2.19. The van der Waals surface area contributed by atoms with Crippen molar-refractivity contribution in [1.29, 1.82) is 0 Å². The summed E-state index contributed by atoms with van der Waals surface area (Å²) in [7, 11) is 0. The summed E-state index contributed by atoms with van der Waals surface area (Å²) in [4.78, 5) is 12.3. The van der Waals surface area contributed by atoms with Crippen LogP contribution in [-0.4, -0.2) is 16.0 Å². The van der Waals surface area contributed by atoms with E-state index in [0.717, 1.165) is 6.07 Å². The van der Waals surface area contributed by atoms with Crippen LogP contribution in [0.2, 0.25) is 0 Å². The minimum Gasteiger partial charge on any atom is -0.294 e. The van der Waals surface area contributed by atoms with Gasteiger partial charge in [-0.25, -0.2) is 8.78 Å². The number of nitrogens with zero attached hydrogens (tertiary/aromatic N) is 2. The van der Waals surface area contributed by atoms with Gasteiger partial charge < -0.3 is 0 Å². The summed E-state index contributed by atoms with van der Waals surface area (Å²) in [5, 5.41) is 7.85. The minimum atomic E-state index is -0.750. The van der Waals surface area contributed by atoms with Crippen molar-refractivity contribution in [2.75, 3.05) is 0 Å². The van der Waals surface area contributed by atoms with Gasteiger partial charge in [-0.3, -0.25) is 4.79 Å². The van der Waals surface area contributed by atoms with Crippen LogP contribution in [0.1, 0.15) is 34.2 Å². The van der Waals surface area contributed by atoms with Crippen molar-refractivity contribution >= 4 is 21.7 Å². The predicted octanol–water partition coefficient (Wildman–Crippen LogP) is 3.81. The van der Waals surface area contributed by atoms with Crippen LogP contribution >= 0.6 is 15.9 Å². The van der Waals surface area contributed by atoms with Gasteiger partial charge in [0, 0.05) is 17.5 Å². The molecular weight excluding hydrogens is 342 g/mol. The number of carbonyl (C=O) groups is 1. The van der Waals surface area contributed by atoms with Gasteiger partial charge in [-0.1, -0.05) is 6.92 Å². The largest absolute Gasteiger partial charge is 0.294 e. The highest BCUT2D eigenvalue weighted by Crippen LogP contribution is 2.23. The molecule has 3 nitrogen and oxygen atoms in total. The van der Waals surface area contributed by atoms with E-state index in [4.69, 9.17) is 0 Å². The van der Waals surface area contributed by atoms with E-state index in [1.807, 2.05) is 6.92 Å². The lowest BCUT2D eigenvalue weighted by Crippen LogP contribution is -2.12. The van der Waals surface area contributed by atoms with Crippen LogP contribution in [0.15, 0.2) is 22.7 Å². The SMILES string of the molecule is CCc1nnc(C)cc1C(=O)Cc1c(F)ccc(Br)c1F. The third-order valence-electron chi connectivity index (χ3n) is 3.10. The molecule has 0 amide bonds. The second-order valence-electron chi connectivity index (χ2n) is 4.62. The minimum absolute atomic E-state index is 0.131. The molecule has 0 saturated heterocycles. The summed E-state index contributed by atoms with van der Waals surface area (Å²) in [6, 6.07) is 4.00. The summed E-state index contributed by atoms with van der Waals surface area (Å²) in [5.41, 5.74) is 1.24. The lowest BCUT2D eigenvalue weighted by Gasteiger charge is -2.08. The highest BCUT2D eigenvalue weighted by molar-refractivity contribution is 9.10. The summed E-state index contributed by atoms with van der Waals surface area (Å²) in [6.45, 7) is 3.56. The molecule has 0 aliphatic heterocycles. The number of carbonyl (C=O) groups excluding carboxylic acids is 1. The molecule has 0 unspecified atom stereocenters. The molecule has 0 atom stereocenters. The number of ketones is 1. The maximum Gasteiger partial charge on any atom is 0.169 e. The molecule has 2 rings (SSSR count). The van der Waals surface area contributed by atoms with Crippen LogP contribution in [0.3, 0.4) is 0 Å². The molecule has 0 bridgehead atoms. The van der Waals surface area contributed by atoms with E-state index in [2.05, 4.69) is 26.1 Å². The molecule has 0 N–H and O–H groups in total. The van der Waals surface area contributed by atoms with Gasteiger partial charge in [0.25, 0.3) is 0 Å². The first-order chi connectivity index (χ1) is 9.93. The number of Topliss-reactive ketones (excluding diaryl/α,β-unsaturated/α-hetero) is 1. The fraction of sp³-hybridized carbons (Fsp3) is 0.267. The van der Waals surface area contributed by atoms with E-state index >= 15 is 0 Å². The van der Waals surface area contributed by atoms with Crippen molar-refractivity contribution in [3.8, 4) is 0 Å². The number of hydrogen-bond donors (Lipinski definition) is 0. The first kappa shape index (κ1) is 15.7. The number of rotatable bonds is 4. The van der Waals surface area contributed by atoms with Crippen molar-refractivity contribution in [2.45, 2.75) is 26.7 Å². The molecule has 1 heterocycles. The third-order valence-corrected chi connectivity index (χ3v) is 3.72. The Morgan fingerprint density at radius 3 is 2.67 bits per heavy atom. The number of aryl methyl sites for hydroxylation is 2. The maximum atomic E-state index is 13.9. The quantitative estimate of drug-likeness (QED) is 0.619. The summed E-state index contributed by atoms with van der Waals surface area (Å²) >= 11 is 2.99. The van der Waals surface area contributed by atoms with E-state index in [9.17, 15) is 13.6 Å². The number of halogens is 3. The van der Waals surface area contributed by atoms with Crippen molar-refractivity contribution in [2.24, 2.45) is 0 Å². The smallest absolute Gasteiger partial charge is 0.169 e. The van der Waals surface area contributed by atoms with Gasteiger partial charge in [0.05, 0.1) is 15.9 Å². The Kier molecular flexibility index (Phi) is 4.77. The average Bonchev–Trinajstić information content (AvgIpc) is 2.47. The molecule has 1 aromatic carbocycles. The van der Waals surface area contributed by atoms with Crippen molar-refractivity contribution < 1.29 is 13.6 Å². The van der Waals surface area contributed by atoms with Gasteiger partial charge >= 0.3 is 0 Å². The van der Waals surface area contributed by atoms with E-state index in [0.29, 0.717) is 23.4 Å². The fourth-order valence-corrected chi connectivity index (χ4v) is 2.38. The number of hydrogen-bond acceptors (Lipinski definition) is 3. The first-order valence-electron chi connectivity index (χ1n) is 6.42. The maximum absolute atomic E-state index is 13.9. The third kappa shape index (κ3) is 3.32. The molecule has 0 saturated carbocycles. The van der Waals surface area contributed by atoms with E-state index in [1.165, 1.54) is 6.07 Å². The molecule has 0 aliphatic carbocycles. The Morgan fingerprint density at radius 1 is 1.29 bits per heavy atom. The molecule has 0 radical (unpaired) electrons. The normalized spacial score (nSPS) is 10.7. The predicted molar refractivity (Wildman–Crippen MR) is 78.2 cm³/mol. The zero-order valence-electron chi connectivity index (χ0n) is 11.6. The van der Waals surface area contributed by atoms with Crippen LogP contribution in [0.4, 0.5) is 8.78 Å². The van der Waals surface area contributed by atoms with Crippen LogP contribution < -0.4 is 0 Å². The fourth-order valence-electron chi connectivity index (χ4n) is 2.00. The zero-order chi connectivity index (χ0) is 15.6. The molecule has 0 spiro atoms. The van der Waals surface area contributed by atoms with E-state index in [-0.39, 0.29) is 22.2 Å². The molecular formula is C15H13BrF2N2O. The molecule has 2 aromatic rings. The van der Waals surface area contributed by atoms with Gasteiger partial charge in [0.15, 0.2) is 5.78 Å². The lowest BCUT2D eigenvalue weighted by atomic mass is 10.00. The Labute approximate surface area is 129 Å². The molecule has 6 heteroatoms. The standard InChI is InChI=1S/C15H13BrF2N2O/c1-3-13-10(6-8(2)19-20-13)14(21)7-9-12(17)5-4-11(16)15(9)18/h4-6H,3,7H2,1-2H3. The second kappa shape index (κ2) is 6.39. The topological polar surface area (TPSA) is 42.9 Å². The lowest BCUT2D eigenvalue weighted by molar-refractivity contribution is 0.0989. The van der Waals surface area contributed by atoms with Gasteiger partial charge in [-0.15, -0.1) is 0 Å².